The molecule has 25 heavy (non-hydrogen) atoms. The Morgan fingerprint density at radius 2 is 1.92 bits per heavy atom. The average Bonchev–Trinajstić information content (AvgIpc) is 3.41. The van der Waals surface area contributed by atoms with E-state index in [9.17, 15) is 4.79 Å². The van der Waals surface area contributed by atoms with E-state index >= 15 is 0 Å². The number of aromatic nitrogens is 1. The van der Waals surface area contributed by atoms with Crippen molar-refractivity contribution in [1.29, 1.82) is 0 Å². The predicted octanol–water partition coefficient (Wildman–Crippen LogP) is 4.95. The molecule has 4 heteroatoms. The van der Waals surface area contributed by atoms with Crippen LogP contribution in [-0.4, -0.2) is 22.8 Å². The van der Waals surface area contributed by atoms with Gasteiger partial charge >= 0.3 is 5.97 Å². The molecule has 2 aromatic carbocycles. The maximum absolute atomic E-state index is 11.9. The van der Waals surface area contributed by atoms with E-state index in [1.807, 2.05) is 43.3 Å². The molecule has 3 nitrogen and oxygen atoms in total. The molecule has 0 radical (unpaired) electrons. The summed E-state index contributed by atoms with van der Waals surface area (Å²) >= 11 is 1.70. The molecular weight excluding hydrogens is 330 g/mol. The van der Waals surface area contributed by atoms with Gasteiger partial charge in [0, 0.05) is 16.2 Å². The number of hydrogen-bond donors (Lipinski definition) is 0. The molecule has 2 atom stereocenters. The van der Waals surface area contributed by atoms with Crippen LogP contribution in [0.5, 0.6) is 0 Å². The van der Waals surface area contributed by atoms with Crippen molar-refractivity contribution in [3.8, 4) is 11.1 Å². The Labute approximate surface area is 151 Å². The summed E-state index contributed by atoms with van der Waals surface area (Å²) in [7, 11) is 0. The fourth-order valence-electron chi connectivity index (χ4n) is 2.96. The average molecular weight is 349 g/mol. The molecule has 3 aromatic rings. The van der Waals surface area contributed by atoms with Crippen molar-refractivity contribution in [3.05, 3.63) is 60.7 Å². The summed E-state index contributed by atoms with van der Waals surface area (Å²) in [4.78, 5) is 16.8. The minimum absolute atomic E-state index is 0.00171. The highest BCUT2D eigenvalue weighted by Gasteiger charge is 2.45. The summed E-state index contributed by atoms with van der Waals surface area (Å²) in [5.74, 6) is -0.0797. The van der Waals surface area contributed by atoms with Crippen LogP contribution in [0.1, 0.15) is 13.3 Å². The number of esters is 1. The SMILES string of the molecule is CCOC(=O)[C@@H]1C[C@H]1Sc1nc2ccccc2cc1-c1ccccc1. The Hall–Kier alpha value is -2.33. The highest BCUT2D eigenvalue weighted by molar-refractivity contribution is 8.00. The number of nitrogens with zero attached hydrogens (tertiary/aromatic N) is 1. The van der Waals surface area contributed by atoms with Gasteiger partial charge in [0.05, 0.1) is 18.0 Å². The third-order valence-electron chi connectivity index (χ3n) is 4.36. The third kappa shape index (κ3) is 3.40. The quantitative estimate of drug-likeness (QED) is 0.611. The van der Waals surface area contributed by atoms with Crippen LogP contribution in [0.4, 0.5) is 0 Å². The number of pyridine rings is 1. The van der Waals surface area contributed by atoms with Gasteiger partial charge in [-0.15, -0.1) is 11.8 Å². The van der Waals surface area contributed by atoms with Crippen molar-refractivity contribution in [2.24, 2.45) is 5.92 Å². The van der Waals surface area contributed by atoms with Crippen molar-refractivity contribution >= 4 is 28.6 Å². The zero-order chi connectivity index (χ0) is 17.2. The monoisotopic (exact) mass is 349 g/mol. The Balaban J connectivity index is 1.68. The second-order valence-corrected chi connectivity index (χ2v) is 7.38. The molecule has 4 rings (SSSR count). The predicted molar refractivity (Wildman–Crippen MR) is 102 cm³/mol. The molecule has 0 saturated heterocycles. The smallest absolute Gasteiger partial charge is 0.310 e. The fourth-order valence-corrected chi connectivity index (χ4v) is 4.28. The van der Waals surface area contributed by atoms with E-state index < -0.39 is 0 Å². The second-order valence-electron chi connectivity index (χ2n) is 6.15. The van der Waals surface area contributed by atoms with Gasteiger partial charge in [0.15, 0.2) is 0 Å². The van der Waals surface area contributed by atoms with Gasteiger partial charge < -0.3 is 4.74 Å². The van der Waals surface area contributed by atoms with Gasteiger partial charge in [-0.3, -0.25) is 4.79 Å². The number of carbonyl (C=O) groups is 1. The highest BCUT2D eigenvalue weighted by Crippen LogP contribution is 2.47. The fraction of sp³-hybridized carbons (Fsp3) is 0.238. The summed E-state index contributed by atoms with van der Waals surface area (Å²) in [6, 6.07) is 20.6. The molecule has 126 valence electrons. The Kier molecular flexibility index (Phi) is 4.45. The first-order valence-electron chi connectivity index (χ1n) is 8.54. The molecule has 1 aliphatic carbocycles. The van der Waals surface area contributed by atoms with Crippen LogP contribution in [0, 0.1) is 5.92 Å². The van der Waals surface area contributed by atoms with Gasteiger partial charge in [0.1, 0.15) is 5.03 Å². The lowest BCUT2D eigenvalue weighted by atomic mass is 10.1. The number of thioether (sulfide) groups is 1. The molecule has 1 aliphatic rings. The molecule has 1 heterocycles. The van der Waals surface area contributed by atoms with Crippen LogP contribution in [-0.2, 0) is 9.53 Å². The number of rotatable bonds is 5. The lowest BCUT2D eigenvalue weighted by Crippen LogP contribution is -2.08. The van der Waals surface area contributed by atoms with E-state index in [1.54, 1.807) is 11.8 Å². The van der Waals surface area contributed by atoms with Crippen molar-refractivity contribution in [1.82, 2.24) is 4.98 Å². The number of benzene rings is 2. The summed E-state index contributed by atoms with van der Waals surface area (Å²) in [6.45, 7) is 2.29. The Morgan fingerprint density at radius 3 is 2.72 bits per heavy atom. The summed E-state index contributed by atoms with van der Waals surface area (Å²) in [5, 5.41) is 2.38. The molecule has 0 amide bonds. The van der Waals surface area contributed by atoms with E-state index in [2.05, 4.69) is 24.3 Å². The number of carbonyl (C=O) groups excluding carboxylic acids is 1. The van der Waals surface area contributed by atoms with Crippen molar-refractivity contribution in [2.45, 2.75) is 23.6 Å². The van der Waals surface area contributed by atoms with E-state index in [0.29, 0.717) is 6.61 Å². The topological polar surface area (TPSA) is 39.2 Å². The van der Waals surface area contributed by atoms with Crippen LogP contribution in [0.2, 0.25) is 0 Å². The van der Waals surface area contributed by atoms with Gasteiger partial charge in [-0.1, -0.05) is 48.5 Å². The number of fused-ring (bicyclic) bond motifs is 1. The van der Waals surface area contributed by atoms with Crippen molar-refractivity contribution in [3.63, 3.8) is 0 Å². The van der Waals surface area contributed by atoms with Crippen LogP contribution in [0.25, 0.3) is 22.0 Å². The summed E-state index contributed by atoms with van der Waals surface area (Å²) in [6.07, 6.45) is 0.867. The Bertz CT molecular complexity index is 910. The van der Waals surface area contributed by atoms with Crippen LogP contribution >= 0.6 is 11.8 Å². The molecule has 0 aliphatic heterocycles. The first-order chi connectivity index (χ1) is 12.3. The molecule has 1 saturated carbocycles. The molecule has 0 N–H and O–H groups in total. The lowest BCUT2D eigenvalue weighted by Gasteiger charge is -2.11. The Morgan fingerprint density at radius 1 is 1.16 bits per heavy atom. The highest BCUT2D eigenvalue weighted by atomic mass is 32.2. The number of para-hydroxylation sites is 1. The van der Waals surface area contributed by atoms with E-state index in [4.69, 9.17) is 9.72 Å². The largest absolute Gasteiger partial charge is 0.466 e. The summed E-state index contributed by atoms with van der Waals surface area (Å²) in [5.41, 5.74) is 3.26. The van der Waals surface area contributed by atoms with Crippen LogP contribution in [0.15, 0.2) is 65.7 Å². The van der Waals surface area contributed by atoms with Crippen LogP contribution in [0.3, 0.4) is 0 Å². The van der Waals surface area contributed by atoms with E-state index in [0.717, 1.165) is 33.5 Å². The zero-order valence-corrected chi connectivity index (χ0v) is 14.8. The normalized spacial score (nSPS) is 18.9. The minimum Gasteiger partial charge on any atom is -0.466 e. The molecule has 1 aromatic heterocycles. The van der Waals surface area contributed by atoms with Crippen molar-refractivity contribution < 1.29 is 9.53 Å². The number of hydrogen-bond acceptors (Lipinski definition) is 4. The van der Waals surface area contributed by atoms with Crippen molar-refractivity contribution in [2.75, 3.05) is 6.61 Å². The first-order valence-corrected chi connectivity index (χ1v) is 9.42. The molecule has 0 bridgehead atoms. The van der Waals surface area contributed by atoms with Crippen LogP contribution < -0.4 is 0 Å². The van der Waals surface area contributed by atoms with Gasteiger partial charge in [-0.2, -0.15) is 0 Å². The summed E-state index contributed by atoms with van der Waals surface area (Å²) < 4.78 is 5.15. The number of ether oxygens (including phenoxy) is 1. The van der Waals surface area contributed by atoms with Gasteiger partial charge in [0.2, 0.25) is 0 Å². The molecule has 0 unspecified atom stereocenters. The van der Waals surface area contributed by atoms with Gasteiger partial charge in [-0.25, -0.2) is 4.98 Å². The van der Waals surface area contributed by atoms with E-state index in [-0.39, 0.29) is 17.1 Å². The zero-order valence-electron chi connectivity index (χ0n) is 14.0. The standard InChI is InChI=1S/C21H19NO2S/c1-2-24-21(23)17-13-19(17)25-20-16(14-8-4-3-5-9-14)12-15-10-6-7-11-18(15)22-20/h3-12,17,19H,2,13H2,1H3/t17-,19-/m1/s1. The second kappa shape index (κ2) is 6.89. The maximum atomic E-state index is 11.9. The lowest BCUT2D eigenvalue weighted by molar-refractivity contribution is -0.144. The first kappa shape index (κ1) is 16.2. The van der Waals surface area contributed by atoms with Gasteiger partial charge in [0.25, 0.3) is 0 Å². The molecule has 1 fully saturated rings. The molecule has 0 spiro atoms. The molecular formula is C21H19NO2S. The van der Waals surface area contributed by atoms with Gasteiger partial charge in [-0.05, 0) is 31.0 Å². The minimum atomic E-state index is -0.0814. The third-order valence-corrected chi connectivity index (χ3v) is 5.72. The maximum Gasteiger partial charge on any atom is 0.310 e. The van der Waals surface area contributed by atoms with E-state index in [1.165, 1.54) is 0 Å².